The highest BCUT2D eigenvalue weighted by atomic mass is 35.5. The molecular formula is C18H21ClN8O. The lowest BCUT2D eigenvalue weighted by molar-refractivity contribution is 0.243. The molecule has 28 heavy (non-hydrogen) atoms. The molecule has 1 aliphatic carbocycles. The van der Waals surface area contributed by atoms with E-state index in [1.165, 1.54) is 23.7 Å². The molecule has 0 spiro atoms. The number of nitrogens with one attached hydrogen (secondary N) is 1. The lowest BCUT2D eigenvalue weighted by Gasteiger charge is -2.21. The van der Waals surface area contributed by atoms with Gasteiger partial charge in [0.2, 0.25) is 0 Å². The fraction of sp³-hybridized carbons (Fsp3) is 0.389. The number of hydrogen-bond acceptors (Lipinski definition) is 6. The minimum Gasteiger partial charge on any atom is -0.275 e. The first-order chi connectivity index (χ1) is 13.2. The summed E-state index contributed by atoms with van der Waals surface area (Å²) in [5.74, 6) is 5.71. The maximum absolute atomic E-state index is 11.9. The number of amides is 1. The molecule has 1 saturated carbocycles. The number of nitriles is 1. The highest BCUT2D eigenvalue weighted by Crippen LogP contribution is 2.36. The third-order valence-corrected chi connectivity index (χ3v) is 5.28. The average molecular weight is 401 g/mol. The van der Waals surface area contributed by atoms with Crippen LogP contribution in [-0.4, -0.2) is 30.3 Å². The Balaban J connectivity index is 0.00000225. The van der Waals surface area contributed by atoms with Crippen LogP contribution in [0, 0.1) is 17.2 Å². The fourth-order valence-corrected chi connectivity index (χ4v) is 3.97. The Morgan fingerprint density at radius 1 is 1.39 bits per heavy atom. The molecule has 4 rings (SSSR count). The van der Waals surface area contributed by atoms with Crippen molar-refractivity contribution in [3.05, 3.63) is 31.0 Å². The Labute approximate surface area is 167 Å². The second kappa shape index (κ2) is 8.37. The van der Waals surface area contributed by atoms with Crippen LogP contribution in [-0.2, 0) is 0 Å². The lowest BCUT2D eigenvalue weighted by atomic mass is 9.96. The Morgan fingerprint density at radius 2 is 2.18 bits per heavy atom. The summed E-state index contributed by atoms with van der Waals surface area (Å²) >= 11 is 0. The van der Waals surface area contributed by atoms with Crippen molar-refractivity contribution in [2.24, 2.45) is 11.8 Å². The first-order valence-electron chi connectivity index (χ1n) is 8.97. The number of halogens is 1. The SMILES string of the molecule is Cl.N#CC[C@H](C1CCCC1)n1cc(-c2ncnc3c2ccn3C(=O)NN)cn1. The van der Waals surface area contributed by atoms with Crippen molar-refractivity contribution in [2.45, 2.75) is 38.1 Å². The van der Waals surface area contributed by atoms with Crippen LogP contribution in [0.25, 0.3) is 22.3 Å². The van der Waals surface area contributed by atoms with Crippen LogP contribution in [0.2, 0.25) is 0 Å². The molecule has 1 amide bonds. The van der Waals surface area contributed by atoms with Gasteiger partial charge in [-0.2, -0.15) is 10.4 Å². The maximum atomic E-state index is 11.9. The van der Waals surface area contributed by atoms with Crippen LogP contribution in [0.3, 0.4) is 0 Å². The normalized spacial score (nSPS) is 15.1. The summed E-state index contributed by atoms with van der Waals surface area (Å²) in [4.78, 5) is 20.4. The molecule has 0 radical (unpaired) electrons. The quantitative estimate of drug-likeness (QED) is 0.393. The van der Waals surface area contributed by atoms with Gasteiger partial charge in [-0.25, -0.2) is 20.6 Å². The molecule has 1 aliphatic rings. The molecule has 1 fully saturated rings. The summed E-state index contributed by atoms with van der Waals surface area (Å²) < 4.78 is 3.23. The highest BCUT2D eigenvalue weighted by Gasteiger charge is 2.27. The molecule has 0 aliphatic heterocycles. The monoisotopic (exact) mass is 400 g/mol. The average Bonchev–Trinajstić information content (AvgIpc) is 3.45. The molecule has 0 saturated heterocycles. The molecule has 0 unspecified atom stereocenters. The van der Waals surface area contributed by atoms with Crippen molar-refractivity contribution < 1.29 is 4.79 Å². The van der Waals surface area contributed by atoms with Crippen molar-refractivity contribution in [1.29, 1.82) is 5.26 Å². The van der Waals surface area contributed by atoms with E-state index in [9.17, 15) is 10.1 Å². The zero-order valence-electron chi connectivity index (χ0n) is 15.2. The number of aromatic nitrogens is 5. The van der Waals surface area contributed by atoms with Crippen molar-refractivity contribution in [3.8, 4) is 17.3 Å². The zero-order chi connectivity index (χ0) is 18.8. The number of carbonyl (C=O) groups is 1. The molecular weight excluding hydrogens is 380 g/mol. The highest BCUT2D eigenvalue weighted by molar-refractivity contribution is 5.96. The summed E-state index contributed by atoms with van der Waals surface area (Å²) in [6.45, 7) is 0. The van der Waals surface area contributed by atoms with Gasteiger partial charge in [-0.15, -0.1) is 12.4 Å². The third-order valence-electron chi connectivity index (χ3n) is 5.28. The van der Waals surface area contributed by atoms with E-state index in [4.69, 9.17) is 5.84 Å². The van der Waals surface area contributed by atoms with Gasteiger partial charge in [-0.1, -0.05) is 12.8 Å². The number of carbonyl (C=O) groups excluding carboxylic acids is 1. The van der Waals surface area contributed by atoms with E-state index in [2.05, 4.69) is 26.6 Å². The number of hydrogen-bond donors (Lipinski definition) is 2. The van der Waals surface area contributed by atoms with Gasteiger partial charge >= 0.3 is 6.03 Å². The second-order valence-electron chi connectivity index (χ2n) is 6.78. The van der Waals surface area contributed by atoms with Crippen LogP contribution in [0.1, 0.15) is 38.1 Å². The molecule has 1 atom stereocenters. The van der Waals surface area contributed by atoms with Gasteiger partial charge in [0.15, 0.2) is 5.65 Å². The van der Waals surface area contributed by atoms with Gasteiger partial charge in [0, 0.05) is 23.3 Å². The smallest absolute Gasteiger partial charge is 0.275 e. The Morgan fingerprint density at radius 3 is 2.89 bits per heavy atom. The Bertz CT molecular complexity index is 1010. The molecule has 3 aromatic rings. The number of hydrazine groups is 1. The van der Waals surface area contributed by atoms with Gasteiger partial charge < -0.3 is 0 Å². The fourth-order valence-electron chi connectivity index (χ4n) is 3.97. The minimum atomic E-state index is -0.472. The Hall–Kier alpha value is -2.96. The first kappa shape index (κ1) is 19.8. The molecule has 146 valence electrons. The van der Waals surface area contributed by atoms with E-state index in [0.717, 1.165) is 23.8 Å². The largest absolute Gasteiger partial charge is 0.341 e. The molecule has 10 heteroatoms. The van der Waals surface area contributed by atoms with E-state index in [0.29, 0.717) is 23.7 Å². The van der Waals surface area contributed by atoms with Crippen molar-refractivity contribution in [3.63, 3.8) is 0 Å². The first-order valence-corrected chi connectivity index (χ1v) is 8.97. The standard InChI is InChI=1S/C18H20N8O.ClH/c19-7-5-15(12-3-1-2-4-12)26-10-13(9-23-26)16-14-6-8-25(18(27)24-20)17(14)22-11-21-16;/h6,8-12,15H,1-5,20H2,(H,24,27);1H/t15-;/m1./s1. The molecule has 0 bridgehead atoms. The van der Waals surface area contributed by atoms with Crippen LogP contribution < -0.4 is 11.3 Å². The Kier molecular flexibility index (Phi) is 5.92. The number of nitrogen functional groups attached to an aromatic ring is 1. The van der Waals surface area contributed by atoms with Gasteiger partial charge in [0.05, 0.1) is 30.4 Å². The summed E-state index contributed by atoms with van der Waals surface area (Å²) in [5.41, 5.74) is 4.09. The van der Waals surface area contributed by atoms with Gasteiger partial charge in [0.1, 0.15) is 6.33 Å². The summed E-state index contributed by atoms with van der Waals surface area (Å²) in [7, 11) is 0. The predicted molar refractivity (Wildman–Crippen MR) is 105 cm³/mol. The molecule has 9 nitrogen and oxygen atoms in total. The van der Waals surface area contributed by atoms with Crippen molar-refractivity contribution in [1.82, 2.24) is 29.7 Å². The summed E-state index contributed by atoms with van der Waals surface area (Å²) in [6.07, 6.45) is 11.8. The van der Waals surface area contributed by atoms with Crippen LogP contribution in [0.4, 0.5) is 4.79 Å². The minimum absolute atomic E-state index is 0. The second-order valence-corrected chi connectivity index (χ2v) is 6.78. The van der Waals surface area contributed by atoms with E-state index in [1.807, 2.05) is 10.9 Å². The third kappa shape index (κ3) is 3.44. The summed E-state index contributed by atoms with van der Waals surface area (Å²) in [6, 6.07) is 3.68. The van der Waals surface area contributed by atoms with Gasteiger partial charge in [-0.05, 0) is 24.8 Å². The van der Waals surface area contributed by atoms with Gasteiger partial charge in [0.25, 0.3) is 0 Å². The number of fused-ring (bicyclic) bond motifs is 1. The van der Waals surface area contributed by atoms with Crippen molar-refractivity contribution in [2.75, 3.05) is 0 Å². The maximum Gasteiger partial charge on any atom is 0.341 e. The van der Waals surface area contributed by atoms with Crippen LogP contribution in [0.15, 0.2) is 31.0 Å². The van der Waals surface area contributed by atoms with E-state index in [-0.39, 0.29) is 18.4 Å². The number of nitrogens with two attached hydrogens (primary N) is 1. The molecule has 3 heterocycles. The van der Waals surface area contributed by atoms with E-state index >= 15 is 0 Å². The molecule has 3 aromatic heterocycles. The molecule has 3 N–H and O–H groups in total. The van der Waals surface area contributed by atoms with E-state index in [1.54, 1.807) is 18.5 Å². The number of nitrogens with zero attached hydrogens (tertiary/aromatic N) is 6. The van der Waals surface area contributed by atoms with Gasteiger partial charge in [-0.3, -0.25) is 14.7 Å². The molecule has 0 aromatic carbocycles. The van der Waals surface area contributed by atoms with E-state index < -0.39 is 6.03 Å². The van der Waals surface area contributed by atoms with Crippen molar-refractivity contribution >= 4 is 29.5 Å². The zero-order valence-corrected chi connectivity index (χ0v) is 16.0. The lowest BCUT2D eigenvalue weighted by Crippen LogP contribution is -2.33. The predicted octanol–water partition coefficient (Wildman–Crippen LogP) is 2.79. The van der Waals surface area contributed by atoms with Crippen LogP contribution >= 0.6 is 12.4 Å². The number of rotatable bonds is 4. The summed E-state index contributed by atoms with van der Waals surface area (Å²) in [5, 5.41) is 14.5. The van der Waals surface area contributed by atoms with Crippen LogP contribution in [0.5, 0.6) is 0 Å². The topological polar surface area (TPSA) is 127 Å².